The lowest BCUT2D eigenvalue weighted by molar-refractivity contribution is -0.140. The topological polar surface area (TPSA) is 41.1 Å². The summed E-state index contributed by atoms with van der Waals surface area (Å²) in [5, 5.41) is 4.50. The minimum atomic E-state index is -4.32. The zero-order chi connectivity index (χ0) is 9.19. The van der Waals surface area contributed by atoms with Gasteiger partial charge in [0.05, 0.1) is 6.04 Å². The molecule has 6 heteroatoms. The van der Waals surface area contributed by atoms with Crippen LogP contribution in [-0.2, 0) is 4.79 Å². The molecule has 1 saturated heterocycles. The van der Waals surface area contributed by atoms with Gasteiger partial charge in [-0.25, -0.2) is 0 Å². The van der Waals surface area contributed by atoms with Crippen molar-refractivity contribution < 1.29 is 18.0 Å². The Labute approximate surface area is 67.3 Å². The summed E-state index contributed by atoms with van der Waals surface area (Å²) >= 11 is 0. The first-order chi connectivity index (χ1) is 5.49. The molecule has 1 heterocycles. The molecule has 1 atom stereocenters. The molecule has 1 rings (SSSR count). The van der Waals surface area contributed by atoms with Crippen molar-refractivity contribution in [3.05, 3.63) is 0 Å². The van der Waals surface area contributed by atoms with E-state index in [1.165, 1.54) is 0 Å². The number of alkyl halides is 3. The van der Waals surface area contributed by atoms with Gasteiger partial charge < -0.3 is 10.6 Å². The SMILES string of the molecule is O=C(NCC(F)(F)F)C1CCN1. The fourth-order valence-electron chi connectivity index (χ4n) is 0.823. The molecule has 70 valence electrons. The van der Waals surface area contributed by atoms with Crippen molar-refractivity contribution in [2.75, 3.05) is 13.1 Å². The number of rotatable bonds is 2. The summed E-state index contributed by atoms with van der Waals surface area (Å²) in [6.07, 6.45) is -3.71. The average molecular weight is 182 g/mol. The Morgan fingerprint density at radius 2 is 2.17 bits per heavy atom. The van der Waals surface area contributed by atoms with Crippen LogP contribution < -0.4 is 10.6 Å². The van der Waals surface area contributed by atoms with E-state index in [1.54, 1.807) is 5.32 Å². The van der Waals surface area contributed by atoms with E-state index < -0.39 is 24.7 Å². The van der Waals surface area contributed by atoms with E-state index in [0.717, 1.165) is 0 Å². The molecule has 0 bridgehead atoms. The summed E-state index contributed by atoms with van der Waals surface area (Å²) in [6, 6.07) is -0.424. The van der Waals surface area contributed by atoms with Crippen molar-refractivity contribution in [1.29, 1.82) is 0 Å². The highest BCUT2D eigenvalue weighted by molar-refractivity contribution is 5.82. The van der Waals surface area contributed by atoms with Crippen LogP contribution in [0.1, 0.15) is 6.42 Å². The van der Waals surface area contributed by atoms with Crippen molar-refractivity contribution in [1.82, 2.24) is 10.6 Å². The molecule has 0 aromatic carbocycles. The van der Waals surface area contributed by atoms with E-state index in [1.807, 2.05) is 0 Å². The number of hydrogen-bond donors (Lipinski definition) is 2. The molecule has 0 saturated carbocycles. The van der Waals surface area contributed by atoms with Gasteiger partial charge in [0.15, 0.2) is 0 Å². The van der Waals surface area contributed by atoms with Crippen molar-refractivity contribution in [2.24, 2.45) is 0 Å². The molecule has 0 spiro atoms. The number of nitrogens with one attached hydrogen (secondary N) is 2. The molecular formula is C6H9F3N2O. The summed E-state index contributed by atoms with van der Waals surface area (Å²) in [4.78, 5) is 10.8. The van der Waals surface area contributed by atoms with Gasteiger partial charge in [-0.05, 0) is 13.0 Å². The fraction of sp³-hybridized carbons (Fsp3) is 0.833. The van der Waals surface area contributed by atoms with E-state index in [0.29, 0.717) is 13.0 Å². The van der Waals surface area contributed by atoms with Gasteiger partial charge in [0, 0.05) is 0 Å². The van der Waals surface area contributed by atoms with Crippen molar-refractivity contribution >= 4 is 5.91 Å². The van der Waals surface area contributed by atoms with Gasteiger partial charge >= 0.3 is 6.18 Å². The predicted molar refractivity (Wildman–Crippen MR) is 35.5 cm³/mol. The van der Waals surface area contributed by atoms with Crippen molar-refractivity contribution in [3.63, 3.8) is 0 Å². The lowest BCUT2D eigenvalue weighted by atomic mass is 10.1. The first kappa shape index (κ1) is 9.31. The second-order valence-electron chi connectivity index (χ2n) is 2.63. The van der Waals surface area contributed by atoms with Gasteiger partial charge in [0.1, 0.15) is 6.54 Å². The van der Waals surface area contributed by atoms with Gasteiger partial charge in [-0.15, -0.1) is 0 Å². The van der Waals surface area contributed by atoms with Gasteiger partial charge in [-0.3, -0.25) is 4.79 Å². The van der Waals surface area contributed by atoms with Gasteiger partial charge in [-0.2, -0.15) is 13.2 Å². The Bertz CT molecular complexity index is 176. The van der Waals surface area contributed by atoms with E-state index in [-0.39, 0.29) is 0 Å². The Hall–Kier alpha value is -0.780. The quantitative estimate of drug-likeness (QED) is 0.632. The molecule has 1 unspecified atom stereocenters. The molecule has 0 aromatic heterocycles. The zero-order valence-corrected chi connectivity index (χ0v) is 6.24. The monoisotopic (exact) mass is 182 g/mol. The molecule has 0 aromatic rings. The largest absolute Gasteiger partial charge is 0.405 e. The third-order valence-corrected chi connectivity index (χ3v) is 1.60. The van der Waals surface area contributed by atoms with Crippen LogP contribution >= 0.6 is 0 Å². The molecule has 1 amide bonds. The minimum Gasteiger partial charge on any atom is -0.346 e. The molecule has 1 aliphatic heterocycles. The lowest BCUT2D eigenvalue weighted by Crippen LogP contribution is -2.54. The van der Waals surface area contributed by atoms with Crippen LogP contribution in [0.2, 0.25) is 0 Å². The third kappa shape index (κ3) is 2.69. The van der Waals surface area contributed by atoms with Crippen LogP contribution in [0.3, 0.4) is 0 Å². The first-order valence-electron chi connectivity index (χ1n) is 3.57. The molecule has 0 radical (unpaired) electrons. The molecular weight excluding hydrogens is 173 g/mol. The molecule has 3 nitrogen and oxygen atoms in total. The molecule has 2 N–H and O–H groups in total. The van der Waals surface area contributed by atoms with E-state index in [9.17, 15) is 18.0 Å². The number of hydrogen-bond acceptors (Lipinski definition) is 2. The number of carbonyl (C=O) groups is 1. The fourth-order valence-corrected chi connectivity index (χ4v) is 0.823. The highest BCUT2D eigenvalue weighted by Gasteiger charge is 2.31. The van der Waals surface area contributed by atoms with Crippen molar-refractivity contribution in [3.8, 4) is 0 Å². The Kier molecular flexibility index (Phi) is 2.56. The van der Waals surface area contributed by atoms with Crippen LogP contribution in [0.15, 0.2) is 0 Å². The third-order valence-electron chi connectivity index (χ3n) is 1.60. The maximum atomic E-state index is 11.6. The van der Waals surface area contributed by atoms with Gasteiger partial charge in [-0.1, -0.05) is 0 Å². The first-order valence-corrected chi connectivity index (χ1v) is 3.57. The standard InChI is InChI=1S/C6H9F3N2O/c7-6(8,9)3-11-5(12)4-1-2-10-4/h4,10H,1-3H2,(H,11,12). The molecule has 12 heavy (non-hydrogen) atoms. The Morgan fingerprint density at radius 3 is 2.50 bits per heavy atom. The van der Waals surface area contributed by atoms with Gasteiger partial charge in [0.25, 0.3) is 0 Å². The highest BCUT2D eigenvalue weighted by Crippen LogP contribution is 2.12. The van der Waals surface area contributed by atoms with E-state index in [2.05, 4.69) is 5.32 Å². The van der Waals surface area contributed by atoms with Crippen LogP contribution in [0.25, 0.3) is 0 Å². The van der Waals surface area contributed by atoms with Crippen LogP contribution in [0.4, 0.5) is 13.2 Å². The lowest BCUT2D eigenvalue weighted by Gasteiger charge is -2.26. The van der Waals surface area contributed by atoms with Crippen LogP contribution in [0.5, 0.6) is 0 Å². The summed E-state index contributed by atoms with van der Waals surface area (Å²) < 4.78 is 34.7. The second kappa shape index (κ2) is 3.30. The molecule has 0 aliphatic carbocycles. The average Bonchev–Trinajstić information content (AvgIpc) is 1.78. The second-order valence-corrected chi connectivity index (χ2v) is 2.63. The number of carbonyl (C=O) groups excluding carboxylic acids is 1. The summed E-state index contributed by atoms with van der Waals surface area (Å²) in [6.45, 7) is -0.548. The summed E-state index contributed by atoms with van der Waals surface area (Å²) in [5.41, 5.74) is 0. The Morgan fingerprint density at radius 1 is 1.58 bits per heavy atom. The smallest absolute Gasteiger partial charge is 0.346 e. The predicted octanol–water partition coefficient (Wildman–Crippen LogP) is 0.0268. The number of amides is 1. The normalized spacial score (nSPS) is 23.1. The van der Waals surface area contributed by atoms with E-state index in [4.69, 9.17) is 0 Å². The molecule has 1 fully saturated rings. The van der Waals surface area contributed by atoms with Crippen molar-refractivity contribution in [2.45, 2.75) is 18.6 Å². The number of halogens is 3. The molecule has 1 aliphatic rings. The maximum Gasteiger partial charge on any atom is 0.405 e. The zero-order valence-electron chi connectivity index (χ0n) is 6.24. The maximum absolute atomic E-state index is 11.6. The minimum absolute atomic E-state index is 0.424. The summed E-state index contributed by atoms with van der Waals surface area (Å²) in [5.74, 6) is -0.571. The van der Waals surface area contributed by atoms with Gasteiger partial charge in [0.2, 0.25) is 5.91 Å². The van der Waals surface area contributed by atoms with Crippen LogP contribution in [0, 0.1) is 0 Å². The van der Waals surface area contributed by atoms with E-state index >= 15 is 0 Å². The summed E-state index contributed by atoms with van der Waals surface area (Å²) in [7, 11) is 0. The Balaban J connectivity index is 2.18. The highest BCUT2D eigenvalue weighted by atomic mass is 19.4. The van der Waals surface area contributed by atoms with Crippen LogP contribution in [-0.4, -0.2) is 31.2 Å².